The number of nitrogens with one attached hydrogen (secondary N) is 1. The Kier molecular flexibility index (Phi) is 6.89. The third kappa shape index (κ3) is 4.62. The second-order valence-corrected chi connectivity index (χ2v) is 6.28. The molecule has 0 radical (unpaired) electrons. The third-order valence-electron chi connectivity index (χ3n) is 3.68. The molecule has 2 rings (SSSR count). The summed E-state index contributed by atoms with van der Waals surface area (Å²) in [5, 5.41) is 2.13. The lowest BCUT2D eigenvalue weighted by Gasteiger charge is -2.13. The Labute approximate surface area is 161 Å². The van der Waals surface area contributed by atoms with Gasteiger partial charge in [-0.25, -0.2) is 0 Å². The van der Waals surface area contributed by atoms with Crippen molar-refractivity contribution in [3.05, 3.63) is 35.3 Å². The van der Waals surface area contributed by atoms with E-state index in [1.807, 2.05) is 0 Å². The maximum absolute atomic E-state index is 12.5. The Hall–Kier alpha value is -2.94. The first-order chi connectivity index (χ1) is 12.9. The van der Waals surface area contributed by atoms with Crippen molar-refractivity contribution in [3.63, 3.8) is 0 Å². The number of amides is 3. The molecule has 1 aromatic carbocycles. The highest BCUT2D eigenvalue weighted by atomic mass is 32.2. The summed E-state index contributed by atoms with van der Waals surface area (Å²) in [6.07, 6.45) is 2.70. The van der Waals surface area contributed by atoms with E-state index >= 15 is 0 Å². The summed E-state index contributed by atoms with van der Waals surface area (Å²) >= 11 is 0.831. The standard InChI is InChI=1S/C18H20N2O6S/c1-5-15(21)19-6-7-20-17(22)14(27-18(20)23)10-11-8-12(24-2)16(26-4)13(9-11)25-3/h5,8-10H,1,6-7H2,2-4H3,(H,19,21). The number of hydrogen-bond acceptors (Lipinski definition) is 7. The summed E-state index contributed by atoms with van der Waals surface area (Å²) in [6, 6.07) is 3.36. The Bertz CT molecular complexity index is 780. The van der Waals surface area contributed by atoms with Crippen LogP contribution in [-0.2, 0) is 9.59 Å². The molecule has 0 aromatic heterocycles. The molecule has 144 valence electrons. The first-order valence-electron chi connectivity index (χ1n) is 7.90. The lowest BCUT2D eigenvalue weighted by atomic mass is 10.1. The van der Waals surface area contributed by atoms with E-state index in [1.54, 1.807) is 18.2 Å². The Morgan fingerprint density at radius 1 is 1.19 bits per heavy atom. The van der Waals surface area contributed by atoms with Gasteiger partial charge in [-0.2, -0.15) is 0 Å². The fraction of sp³-hybridized carbons (Fsp3) is 0.278. The second-order valence-electron chi connectivity index (χ2n) is 5.29. The summed E-state index contributed by atoms with van der Waals surface area (Å²) in [7, 11) is 4.48. The number of imide groups is 1. The molecular weight excluding hydrogens is 372 g/mol. The number of rotatable bonds is 8. The molecular formula is C18H20N2O6S. The average molecular weight is 392 g/mol. The molecule has 27 heavy (non-hydrogen) atoms. The van der Waals surface area contributed by atoms with Gasteiger partial charge in [0, 0.05) is 13.1 Å². The van der Waals surface area contributed by atoms with E-state index in [0.29, 0.717) is 22.8 Å². The molecule has 8 nitrogen and oxygen atoms in total. The maximum atomic E-state index is 12.5. The lowest BCUT2D eigenvalue weighted by Crippen LogP contribution is -2.36. The van der Waals surface area contributed by atoms with Gasteiger partial charge in [0.1, 0.15) is 0 Å². The quantitative estimate of drug-likeness (QED) is 0.677. The zero-order chi connectivity index (χ0) is 20.0. The van der Waals surface area contributed by atoms with Crippen LogP contribution in [0.2, 0.25) is 0 Å². The molecule has 1 aliphatic rings. The number of thioether (sulfide) groups is 1. The summed E-state index contributed by atoms with van der Waals surface area (Å²) < 4.78 is 15.8. The zero-order valence-corrected chi connectivity index (χ0v) is 16.1. The van der Waals surface area contributed by atoms with Crippen molar-refractivity contribution in [2.75, 3.05) is 34.4 Å². The lowest BCUT2D eigenvalue weighted by molar-refractivity contribution is -0.123. The van der Waals surface area contributed by atoms with E-state index in [9.17, 15) is 14.4 Å². The number of ether oxygens (including phenoxy) is 3. The highest BCUT2D eigenvalue weighted by Gasteiger charge is 2.34. The fourth-order valence-corrected chi connectivity index (χ4v) is 3.26. The molecule has 3 amide bonds. The predicted molar refractivity (Wildman–Crippen MR) is 102 cm³/mol. The van der Waals surface area contributed by atoms with Crippen LogP contribution < -0.4 is 19.5 Å². The van der Waals surface area contributed by atoms with Gasteiger partial charge in [-0.05, 0) is 41.6 Å². The Balaban J connectivity index is 2.22. The van der Waals surface area contributed by atoms with Gasteiger partial charge in [-0.15, -0.1) is 0 Å². The first-order valence-corrected chi connectivity index (χ1v) is 8.72. The van der Waals surface area contributed by atoms with E-state index in [4.69, 9.17) is 14.2 Å². The number of hydrogen-bond donors (Lipinski definition) is 1. The summed E-state index contributed by atoms with van der Waals surface area (Å²) in [6.45, 7) is 3.57. The van der Waals surface area contributed by atoms with Gasteiger partial charge in [0.05, 0.1) is 26.2 Å². The smallest absolute Gasteiger partial charge is 0.293 e. The van der Waals surface area contributed by atoms with Crippen molar-refractivity contribution in [1.82, 2.24) is 10.2 Å². The highest BCUT2D eigenvalue weighted by Crippen LogP contribution is 2.40. The van der Waals surface area contributed by atoms with Crippen LogP contribution in [0.1, 0.15) is 5.56 Å². The van der Waals surface area contributed by atoms with E-state index in [-0.39, 0.29) is 23.9 Å². The molecule has 1 heterocycles. The van der Waals surface area contributed by atoms with Gasteiger partial charge in [-0.1, -0.05) is 6.58 Å². The summed E-state index contributed by atoms with van der Waals surface area (Å²) in [5.74, 6) is 0.522. The SMILES string of the molecule is C=CC(=O)NCCN1C(=O)SC(=Cc2cc(OC)c(OC)c(OC)c2)C1=O. The summed E-state index contributed by atoms with van der Waals surface area (Å²) in [4.78, 5) is 37.1. The van der Waals surface area contributed by atoms with Crippen molar-refractivity contribution in [2.45, 2.75) is 0 Å². The van der Waals surface area contributed by atoms with Crippen molar-refractivity contribution >= 4 is 34.9 Å². The number of benzene rings is 1. The number of methoxy groups -OCH3 is 3. The Morgan fingerprint density at radius 2 is 1.81 bits per heavy atom. The van der Waals surface area contributed by atoms with Crippen LogP contribution in [0.3, 0.4) is 0 Å². The monoisotopic (exact) mass is 392 g/mol. The number of carbonyl (C=O) groups is 3. The minimum absolute atomic E-state index is 0.0802. The number of nitrogens with zero attached hydrogens (tertiary/aromatic N) is 1. The van der Waals surface area contributed by atoms with Gasteiger partial charge in [0.25, 0.3) is 11.1 Å². The first kappa shape index (κ1) is 20.4. The normalized spacial score (nSPS) is 15.1. The van der Waals surface area contributed by atoms with Crippen LogP contribution in [0.5, 0.6) is 17.2 Å². The zero-order valence-electron chi connectivity index (χ0n) is 15.2. The molecule has 0 unspecified atom stereocenters. The molecule has 0 aliphatic carbocycles. The average Bonchev–Trinajstić information content (AvgIpc) is 2.94. The molecule has 1 aromatic rings. The van der Waals surface area contributed by atoms with Crippen LogP contribution in [0.25, 0.3) is 6.08 Å². The van der Waals surface area contributed by atoms with Crippen molar-refractivity contribution in [1.29, 1.82) is 0 Å². The molecule has 1 fully saturated rings. The van der Waals surface area contributed by atoms with Crippen molar-refractivity contribution in [3.8, 4) is 17.2 Å². The van der Waals surface area contributed by atoms with Crippen molar-refractivity contribution in [2.24, 2.45) is 0 Å². The van der Waals surface area contributed by atoms with E-state index < -0.39 is 11.1 Å². The molecule has 0 bridgehead atoms. The van der Waals surface area contributed by atoms with Crippen LogP contribution >= 0.6 is 11.8 Å². The van der Waals surface area contributed by atoms with Crippen molar-refractivity contribution < 1.29 is 28.6 Å². The van der Waals surface area contributed by atoms with Gasteiger partial charge >= 0.3 is 0 Å². The third-order valence-corrected chi connectivity index (χ3v) is 4.59. The molecule has 1 N–H and O–H groups in total. The molecule has 0 atom stereocenters. The predicted octanol–water partition coefficient (Wildman–Crippen LogP) is 2.05. The minimum atomic E-state index is -0.424. The van der Waals surface area contributed by atoms with Gasteiger partial charge in [0.2, 0.25) is 11.7 Å². The molecule has 1 aliphatic heterocycles. The van der Waals surface area contributed by atoms with Crippen LogP contribution in [0.4, 0.5) is 4.79 Å². The Morgan fingerprint density at radius 3 is 2.33 bits per heavy atom. The number of carbonyl (C=O) groups excluding carboxylic acids is 3. The van der Waals surface area contributed by atoms with E-state index in [1.165, 1.54) is 21.3 Å². The van der Waals surface area contributed by atoms with Gasteiger partial charge < -0.3 is 19.5 Å². The van der Waals surface area contributed by atoms with Gasteiger partial charge in [0.15, 0.2) is 11.5 Å². The summed E-state index contributed by atoms with van der Waals surface area (Å²) in [5.41, 5.74) is 0.620. The fourth-order valence-electron chi connectivity index (χ4n) is 2.39. The molecule has 9 heteroatoms. The van der Waals surface area contributed by atoms with E-state index in [0.717, 1.165) is 22.7 Å². The largest absolute Gasteiger partial charge is 0.493 e. The van der Waals surface area contributed by atoms with Crippen LogP contribution in [-0.4, -0.2) is 56.4 Å². The van der Waals surface area contributed by atoms with Crippen LogP contribution in [0, 0.1) is 0 Å². The highest BCUT2D eigenvalue weighted by molar-refractivity contribution is 8.18. The van der Waals surface area contributed by atoms with E-state index in [2.05, 4.69) is 11.9 Å². The molecule has 1 saturated heterocycles. The molecule has 0 saturated carbocycles. The van der Waals surface area contributed by atoms with Gasteiger partial charge in [-0.3, -0.25) is 19.3 Å². The maximum Gasteiger partial charge on any atom is 0.293 e. The molecule has 0 spiro atoms. The van der Waals surface area contributed by atoms with Crippen LogP contribution in [0.15, 0.2) is 29.7 Å². The minimum Gasteiger partial charge on any atom is -0.493 e. The second kappa shape index (κ2) is 9.13. The topological polar surface area (TPSA) is 94.2 Å².